The Morgan fingerprint density at radius 3 is 3.05 bits per heavy atom. The topological polar surface area (TPSA) is 28.2 Å². The monoisotopic (exact) mass is 261 g/mol. The van der Waals surface area contributed by atoms with Gasteiger partial charge >= 0.3 is 0 Å². The maximum atomic E-state index is 4.34. The van der Waals surface area contributed by atoms with E-state index in [0.29, 0.717) is 12.0 Å². The van der Waals surface area contributed by atoms with Crippen LogP contribution in [-0.2, 0) is 6.54 Å². The zero-order chi connectivity index (χ0) is 13.7. The van der Waals surface area contributed by atoms with E-state index in [-0.39, 0.29) is 0 Å². The van der Waals surface area contributed by atoms with E-state index >= 15 is 0 Å². The predicted molar refractivity (Wildman–Crippen MR) is 81.4 cm³/mol. The number of nitrogens with one attached hydrogen (secondary N) is 1. The molecule has 0 aliphatic carbocycles. The van der Waals surface area contributed by atoms with Gasteiger partial charge in [0.15, 0.2) is 0 Å². The van der Waals surface area contributed by atoms with Crippen LogP contribution in [0.5, 0.6) is 0 Å². The van der Waals surface area contributed by atoms with Gasteiger partial charge in [-0.2, -0.15) is 0 Å². The summed E-state index contributed by atoms with van der Waals surface area (Å²) in [6.45, 7) is 10.1. The van der Waals surface area contributed by atoms with E-state index in [2.05, 4.69) is 42.0 Å². The molecule has 1 aromatic rings. The molecule has 1 aromatic heterocycles. The van der Waals surface area contributed by atoms with Gasteiger partial charge in [-0.05, 0) is 43.4 Å². The highest BCUT2D eigenvalue weighted by atomic mass is 15.2. The van der Waals surface area contributed by atoms with Gasteiger partial charge in [-0.25, -0.2) is 0 Å². The van der Waals surface area contributed by atoms with Crippen molar-refractivity contribution in [2.45, 2.75) is 52.6 Å². The molecule has 0 radical (unpaired) electrons. The third-order valence-electron chi connectivity index (χ3n) is 4.01. The summed E-state index contributed by atoms with van der Waals surface area (Å²) in [5.74, 6) is 0.708. The molecule has 2 heterocycles. The van der Waals surface area contributed by atoms with Crippen LogP contribution in [0.2, 0.25) is 0 Å². The Hall–Kier alpha value is -1.09. The zero-order valence-corrected chi connectivity index (χ0v) is 12.5. The number of hydrogen-bond donors (Lipinski definition) is 1. The first-order valence-electron chi connectivity index (χ1n) is 7.64. The molecule has 0 saturated carbocycles. The standard InChI is InChI=1S/C16H27N3/c1-4-8-17-11-14-7-9-18-12-16(14)19-10-5-6-15(19)13(2)3/h7,9,12-13,15,17H,4-6,8,10-11H2,1-3H3. The number of nitrogens with zero attached hydrogens (tertiary/aromatic N) is 2. The molecular weight excluding hydrogens is 234 g/mol. The molecule has 1 N–H and O–H groups in total. The molecule has 1 unspecified atom stereocenters. The molecule has 1 atom stereocenters. The summed E-state index contributed by atoms with van der Waals surface area (Å²) in [5.41, 5.74) is 2.72. The third-order valence-corrected chi connectivity index (χ3v) is 4.01. The van der Waals surface area contributed by atoms with Crippen molar-refractivity contribution in [1.29, 1.82) is 0 Å². The highest BCUT2D eigenvalue weighted by molar-refractivity contribution is 5.53. The number of anilines is 1. The van der Waals surface area contributed by atoms with Gasteiger partial charge in [0.25, 0.3) is 0 Å². The molecule has 0 amide bonds. The minimum absolute atomic E-state index is 0.675. The fourth-order valence-corrected chi connectivity index (χ4v) is 3.01. The smallest absolute Gasteiger partial charge is 0.0600 e. The van der Waals surface area contributed by atoms with Crippen molar-refractivity contribution in [1.82, 2.24) is 10.3 Å². The second-order valence-electron chi connectivity index (χ2n) is 5.83. The predicted octanol–water partition coefficient (Wildman–Crippen LogP) is 3.21. The summed E-state index contributed by atoms with van der Waals surface area (Å²) < 4.78 is 0. The summed E-state index contributed by atoms with van der Waals surface area (Å²) >= 11 is 0. The molecule has 2 rings (SSSR count). The van der Waals surface area contributed by atoms with Crippen molar-refractivity contribution in [2.75, 3.05) is 18.0 Å². The fourth-order valence-electron chi connectivity index (χ4n) is 3.01. The molecule has 3 heteroatoms. The van der Waals surface area contributed by atoms with Gasteiger partial charge in [0, 0.05) is 25.3 Å². The van der Waals surface area contributed by atoms with Crippen LogP contribution in [0.4, 0.5) is 5.69 Å². The Bertz CT molecular complexity index is 389. The molecular formula is C16H27N3. The molecule has 0 aromatic carbocycles. The van der Waals surface area contributed by atoms with Crippen LogP contribution < -0.4 is 10.2 Å². The van der Waals surface area contributed by atoms with Gasteiger partial charge in [-0.15, -0.1) is 0 Å². The lowest BCUT2D eigenvalue weighted by molar-refractivity contribution is 0.490. The summed E-state index contributed by atoms with van der Waals surface area (Å²) in [6, 6.07) is 2.84. The van der Waals surface area contributed by atoms with Gasteiger partial charge in [0.2, 0.25) is 0 Å². The lowest BCUT2D eigenvalue weighted by Gasteiger charge is -2.31. The van der Waals surface area contributed by atoms with E-state index in [4.69, 9.17) is 0 Å². The second kappa shape index (κ2) is 6.90. The maximum absolute atomic E-state index is 4.34. The van der Waals surface area contributed by atoms with E-state index in [0.717, 1.165) is 13.1 Å². The summed E-state index contributed by atoms with van der Waals surface area (Å²) in [6.07, 6.45) is 7.75. The van der Waals surface area contributed by atoms with E-state index in [9.17, 15) is 0 Å². The zero-order valence-electron chi connectivity index (χ0n) is 12.5. The summed E-state index contributed by atoms with van der Waals surface area (Å²) in [4.78, 5) is 6.91. The number of rotatable bonds is 6. The molecule has 1 fully saturated rings. The molecule has 1 saturated heterocycles. The highest BCUT2D eigenvalue weighted by Gasteiger charge is 2.28. The van der Waals surface area contributed by atoms with E-state index in [1.165, 1.54) is 37.1 Å². The first-order chi connectivity index (χ1) is 9.24. The van der Waals surface area contributed by atoms with Gasteiger partial charge in [0.1, 0.15) is 0 Å². The minimum Gasteiger partial charge on any atom is -0.367 e. The minimum atomic E-state index is 0.675. The Balaban J connectivity index is 2.14. The normalized spacial score (nSPS) is 19.4. The molecule has 1 aliphatic heterocycles. The molecule has 0 spiro atoms. The Labute approximate surface area is 117 Å². The van der Waals surface area contributed by atoms with E-state index < -0.39 is 0 Å². The van der Waals surface area contributed by atoms with Crippen molar-refractivity contribution in [3.05, 3.63) is 24.0 Å². The number of hydrogen-bond acceptors (Lipinski definition) is 3. The summed E-state index contributed by atoms with van der Waals surface area (Å²) in [7, 11) is 0. The SMILES string of the molecule is CCCNCc1ccncc1N1CCCC1C(C)C. The summed E-state index contributed by atoms with van der Waals surface area (Å²) in [5, 5.41) is 3.50. The second-order valence-corrected chi connectivity index (χ2v) is 5.83. The Kier molecular flexibility index (Phi) is 5.20. The molecule has 3 nitrogen and oxygen atoms in total. The van der Waals surface area contributed by atoms with E-state index in [1.807, 2.05) is 12.4 Å². The first-order valence-corrected chi connectivity index (χ1v) is 7.64. The van der Waals surface area contributed by atoms with Crippen molar-refractivity contribution in [3.8, 4) is 0 Å². The van der Waals surface area contributed by atoms with Crippen molar-refractivity contribution < 1.29 is 0 Å². The maximum Gasteiger partial charge on any atom is 0.0600 e. The van der Waals surface area contributed by atoms with Crippen LogP contribution in [0.25, 0.3) is 0 Å². The Morgan fingerprint density at radius 1 is 1.47 bits per heavy atom. The molecule has 106 valence electrons. The molecule has 19 heavy (non-hydrogen) atoms. The van der Waals surface area contributed by atoms with Gasteiger partial charge in [-0.1, -0.05) is 20.8 Å². The molecule has 1 aliphatic rings. The van der Waals surface area contributed by atoms with Crippen molar-refractivity contribution in [3.63, 3.8) is 0 Å². The lowest BCUT2D eigenvalue weighted by atomic mass is 10.0. The largest absolute Gasteiger partial charge is 0.367 e. The van der Waals surface area contributed by atoms with E-state index in [1.54, 1.807) is 0 Å². The van der Waals surface area contributed by atoms with Crippen LogP contribution >= 0.6 is 0 Å². The van der Waals surface area contributed by atoms with Crippen LogP contribution in [0, 0.1) is 5.92 Å². The van der Waals surface area contributed by atoms with Crippen molar-refractivity contribution >= 4 is 5.69 Å². The highest BCUT2D eigenvalue weighted by Crippen LogP contribution is 2.31. The average molecular weight is 261 g/mol. The quantitative estimate of drug-likeness (QED) is 0.797. The number of aromatic nitrogens is 1. The fraction of sp³-hybridized carbons (Fsp3) is 0.688. The molecule has 0 bridgehead atoms. The Morgan fingerprint density at radius 2 is 2.32 bits per heavy atom. The van der Waals surface area contributed by atoms with Crippen LogP contribution in [-0.4, -0.2) is 24.1 Å². The van der Waals surface area contributed by atoms with Gasteiger partial charge in [-0.3, -0.25) is 4.98 Å². The van der Waals surface area contributed by atoms with Gasteiger partial charge in [0.05, 0.1) is 11.9 Å². The lowest BCUT2D eigenvalue weighted by Crippen LogP contribution is -2.34. The van der Waals surface area contributed by atoms with Crippen LogP contribution in [0.15, 0.2) is 18.5 Å². The number of pyridine rings is 1. The third kappa shape index (κ3) is 3.47. The van der Waals surface area contributed by atoms with Crippen molar-refractivity contribution in [2.24, 2.45) is 5.92 Å². The van der Waals surface area contributed by atoms with Gasteiger partial charge < -0.3 is 10.2 Å². The van der Waals surface area contributed by atoms with Crippen LogP contribution in [0.3, 0.4) is 0 Å². The first kappa shape index (κ1) is 14.3. The van der Waals surface area contributed by atoms with Crippen LogP contribution in [0.1, 0.15) is 45.6 Å². The average Bonchev–Trinajstić information content (AvgIpc) is 2.89.